The summed E-state index contributed by atoms with van der Waals surface area (Å²) in [6.07, 6.45) is 5.37. The van der Waals surface area contributed by atoms with Crippen molar-refractivity contribution in [2.75, 3.05) is 20.8 Å². The summed E-state index contributed by atoms with van der Waals surface area (Å²) in [4.78, 5) is 13.9. The van der Waals surface area contributed by atoms with Gasteiger partial charge in [-0.25, -0.2) is 0 Å². The first-order chi connectivity index (χ1) is 9.62. The van der Waals surface area contributed by atoms with Gasteiger partial charge >= 0.3 is 0 Å². The van der Waals surface area contributed by atoms with Crippen LogP contribution in [0.3, 0.4) is 0 Å². The normalized spacial score (nSPS) is 21.7. The number of terminal acetylenes is 1. The van der Waals surface area contributed by atoms with E-state index in [1.807, 2.05) is 25.1 Å². The highest BCUT2D eigenvalue weighted by atomic mass is 32.2. The number of methoxy groups -OCH3 is 2. The lowest BCUT2D eigenvalue weighted by atomic mass is 10.1. The van der Waals surface area contributed by atoms with E-state index in [-0.39, 0.29) is 16.5 Å². The van der Waals surface area contributed by atoms with Crippen LogP contribution in [0.2, 0.25) is 0 Å². The van der Waals surface area contributed by atoms with Gasteiger partial charge in [0.2, 0.25) is 5.91 Å². The number of rotatable bonds is 4. The second kappa shape index (κ2) is 6.10. The summed E-state index contributed by atoms with van der Waals surface area (Å²) >= 11 is 1.58. The van der Waals surface area contributed by atoms with Crippen LogP contribution in [0.5, 0.6) is 11.5 Å². The van der Waals surface area contributed by atoms with Gasteiger partial charge < -0.3 is 14.4 Å². The maximum atomic E-state index is 12.1. The minimum absolute atomic E-state index is 0.0656. The van der Waals surface area contributed by atoms with Gasteiger partial charge in [0, 0.05) is 11.6 Å². The number of ether oxygens (including phenoxy) is 2. The molecule has 0 N–H and O–H groups in total. The Morgan fingerprint density at radius 1 is 1.40 bits per heavy atom. The Bertz CT molecular complexity index is 553. The van der Waals surface area contributed by atoms with Crippen molar-refractivity contribution >= 4 is 17.7 Å². The van der Waals surface area contributed by atoms with E-state index in [0.717, 1.165) is 11.3 Å². The Balaban J connectivity index is 2.39. The quantitative estimate of drug-likeness (QED) is 0.798. The minimum atomic E-state index is -0.116. The standard InChI is InChI=1S/C15H17NO3S/c1-5-8-16-14(17)10(2)20-15(16)12-7-6-11(18-3)9-13(12)19-4/h1,6-7,9-10,15H,8H2,2-4H3. The molecule has 4 nitrogen and oxygen atoms in total. The van der Waals surface area contributed by atoms with Crippen LogP contribution in [0.4, 0.5) is 0 Å². The van der Waals surface area contributed by atoms with Crippen LogP contribution in [0.1, 0.15) is 17.9 Å². The van der Waals surface area contributed by atoms with Gasteiger partial charge in [-0.2, -0.15) is 0 Å². The Morgan fingerprint density at radius 3 is 2.75 bits per heavy atom. The van der Waals surface area contributed by atoms with Crippen molar-refractivity contribution in [3.63, 3.8) is 0 Å². The average Bonchev–Trinajstić information content (AvgIpc) is 2.75. The molecule has 2 rings (SSSR count). The van der Waals surface area contributed by atoms with E-state index in [1.54, 1.807) is 30.9 Å². The molecule has 1 aliphatic rings. The largest absolute Gasteiger partial charge is 0.497 e. The second-order valence-electron chi connectivity index (χ2n) is 4.41. The number of carbonyl (C=O) groups excluding carboxylic acids is 1. The maximum absolute atomic E-state index is 12.1. The number of amides is 1. The number of hydrogen-bond donors (Lipinski definition) is 0. The fourth-order valence-electron chi connectivity index (χ4n) is 2.20. The fraction of sp³-hybridized carbons (Fsp3) is 0.400. The maximum Gasteiger partial charge on any atom is 0.237 e. The molecule has 0 radical (unpaired) electrons. The predicted octanol–water partition coefficient (Wildman–Crippen LogP) is 2.30. The van der Waals surface area contributed by atoms with Gasteiger partial charge in [0.15, 0.2) is 0 Å². The van der Waals surface area contributed by atoms with Crippen LogP contribution in [0, 0.1) is 12.3 Å². The third-order valence-corrected chi connectivity index (χ3v) is 4.59. The summed E-state index contributed by atoms with van der Waals surface area (Å²) in [5, 5.41) is -0.213. The highest BCUT2D eigenvalue weighted by Crippen LogP contribution is 2.46. The molecule has 1 saturated heterocycles. The molecular weight excluding hydrogens is 274 g/mol. The Kier molecular flexibility index (Phi) is 4.46. The molecule has 1 heterocycles. The van der Waals surface area contributed by atoms with E-state index in [4.69, 9.17) is 15.9 Å². The lowest BCUT2D eigenvalue weighted by molar-refractivity contribution is -0.129. The molecule has 0 spiro atoms. The summed E-state index contributed by atoms with van der Waals surface area (Å²) < 4.78 is 10.6. The van der Waals surface area contributed by atoms with Crippen molar-refractivity contribution < 1.29 is 14.3 Å². The summed E-state index contributed by atoms with van der Waals surface area (Å²) in [6.45, 7) is 2.20. The number of thioether (sulfide) groups is 1. The van der Waals surface area contributed by atoms with Crippen molar-refractivity contribution in [1.82, 2.24) is 4.90 Å². The first kappa shape index (κ1) is 14.6. The third kappa shape index (κ3) is 2.56. The first-order valence-corrected chi connectivity index (χ1v) is 7.18. The Labute approximate surface area is 123 Å². The van der Waals surface area contributed by atoms with E-state index in [1.165, 1.54) is 0 Å². The highest BCUT2D eigenvalue weighted by molar-refractivity contribution is 8.01. The van der Waals surface area contributed by atoms with Crippen molar-refractivity contribution in [3.05, 3.63) is 23.8 Å². The fourth-order valence-corrected chi connectivity index (χ4v) is 3.50. The molecule has 1 aromatic rings. The van der Waals surface area contributed by atoms with Crippen LogP contribution in [-0.2, 0) is 4.79 Å². The molecule has 1 amide bonds. The second-order valence-corrected chi connectivity index (χ2v) is 5.83. The van der Waals surface area contributed by atoms with E-state index in [0.29, 0.717) is 12.3 Å². The van der Waals surface area contributed by atoms with Gasteiger partial charge in [0.05, 0.1) is 26.0 Å². The lowest BCUT2D eigenvalue weighted by Gasteiger charge is -2.23. The van der Waals surface area contributed by atoms with Crippen molar-refractivity contribution in [3.8, 4) is 23.8 Å². The molecule has 2 atom stereocenters. The zero-order valence-electron chi connectivity index (χ0n) is 11.8. The van der Waals surface area contributed by atoms with Gasteiger partial charge in [-0.05, 0) is 19.1 Å². The third-order valence-electron chi connectivity index (χ3n) is 3.22. The van der Waals surface area contributed by atoms with E-state index in [9.17, 15) is 4.79 Å². The molecule has 1 aromatic carbocycles. The van der Waals surface area contributed by atoms with Crippen LogP contribution in [0.25, 0.3) is 0 Å². The van der Waals surface area contributed by atoms with Crippen LogP contribution in [-0.4, -0.2) is 36.8 Å². The number of benzene rings is 1. The SMILES string of the molecule is C#CCN1C(=O)C(C)SC1c1ccc(OC)cc1OC. The Morgan fingerprint density at radius 2 is 2.15 bits per heavy atom. The van der Waals surface area contributed by atoms with Gasteiger partial charge in [-0.1, -0.05) is 5.92 Å². The molecule has 20 heavy (non-hydrogen) atoms. The van der Waals surface area contributed by atoms with Crippen molar-refractivity contribution in [1.29, 1.82) is 0 Å². The molecule has 0 bridgehead atoms. The van der Waals surface area contributed by atoms with Crippen molar-refractivity contribution in [2.45, 2.75) is 17.5 Å². The molecular formula is C15H17NO3S. The first-order valence-electron chi connectivity index (χ1n) is 6.23. The van der Waals surface area contributed by atoms with Crippen LogP contribution < -0.4 is 9.47 Å². The molecule has 2 unspecified atom stereocenters. The minimum Gasteiger partial charge on any atom is -0.497 e. The van der Waals surface area contributed by atoms with E-state index >= 15 is 0 Å². The Hall–Kier alpha value is -1.80. The molecule has 0 aromatic heterocycles. The number of carbonyl (C=O) groups is 1. The number of hydrogen-bond acceptors (Lipinski definition) is 4. The number of nitrogens with zero attached hydrogens (tertiary/aromatic N) is 1. The van der Waals surface area contributed by atoms with Gasteiger partial charge in [-0.3, -0.25) is 4.79 Å². The topological polar surface area (TPSA) is 38.8 Å². The summed E-state index contributed by atoms with van der Waals surface area (Å²) in [7, 11) is 3.21. The van der Waals surface area contributed by atoms with E-state index in [2.05, 4.69) is 5.92 Å². The smallest absolute Gasteiger partial charge is 0.237 e. The predicted molar refractivity (Wildman–Crippen MR) is 79.9 cm³/mol. The van der Waals surface area contributed by atoms with E-state index < -0.39 is 0 Å². The summed E-state index contributed by atoms with van der Waals surface area (Å²) in [5.74, 6) is 4.03. The summed E-state index contributed by atoms with van der Waals surface area (Å²) in [6, 6.07) is 5.60. The highest BCUT2D eigenvalue weighted by Gasteiger charge is 2.39. The monoisotopic (exact) mass is 291 g/mol. The van der Waals surface area contributed by atoms with Crippen LogP contribution >= 0.6 is 11.8 Å². The summed E-state index contributed by atoms with van der Waals surface area (Å²) in [5.41, 5.74) is 0.936. The molecule has 1 aliphatic heterocycles. The lowest BCUT2D eigenvalue weighted by Crippen LogP contribution is -2.30. The molecule has 1 fully saturated rings. The molecule has 5 heteroatoms. The average molecular weight is 291 g/mol. The van der Waals surface area contributed by atoms with Gasteiger partial charge in [0.1, 0.15) is 16.9 Å². The van der Waals surface area contributed by atoms with Crippen molar-refractivity contribution in [2.24, 2.45) is 0 Å². The molecule has 0 saturated carbocycles. The van der Waals surface area contributed by atoms with Gasteiger partial charge in [-0.15, -0.1) is 18.2 Å². The zero-order valence-corrected chi connectivity index (χ0v) is 12.6. The zero-order chi connectivity index (χ0) is 14.7. The molecule has 0 aliphatic carbocycles. The molecule has 106 valence electrons. The van der Waals surface area contributed by atoms with Gasteiger partial charge in [0.25, 0.3) is 0 Å². The van der Waals surface area contributed by atoms with Crippen LogP contribution in [0.15, 0.2) is 18.2 Å².